The van der Waals surface area contributed by atoms with E-state index in [9.17, 15) is 22.4 Å². The molecular weight excluding hydrogens is 448 g/mol. The number of benzene rings is 2. The molecular formula is C26H30F4N2O2. The van der Waals surface area contributed by atoms with E-state index in [-0.39, 0.29) is 30.7 Å². The van der Waals surface area contributed by atoms with Gasteiger partial charge in [0.1, 0.15) is 6.67 Å². The predicted molar refractivity (Wildman–Crippen MR) is 121 cm³/mol. The minimum atomic E-state index is -4.54. The minimum absolute atomic E-state index is 0.0176. The molecule has 2 atom stereocenters. The van der Waals surface area contributed by atoms with Crippen LogP contribution in [-0.2, 0) is 34.5 Å². The van der Waals surface area contributed by atoms with E-state index >= 15 is 0 Å². The van der Waals surface area contributed by atoms with Gasteiger partial charge in [-0.3, -0.25) is 4.79 Å². The van der Waals surface area contributed by atoms with Crippen LogP contribution in [0.2, 0.25) is 0 Å². The van der Waals surface area contributed by atoms with Crippen LogP contribution in [0.25, 0.3) is 0 Å². The second kappa shape index (κ2) is 10.4. The molecule has 2 saturated heterocycles. The molecule has 34 heavy (non-hydrogen) atoms. The topological polar surface area (TPSA) is 41.6 Å². The van der Waals surface area contributed by atoms with E-state index in [2.05, 4.69) is 5.32 Å². The van der Waals surface area contributed by atoms with Crippen LogP contribution in [0.5, 0.6) is 0 Å². The van der Waals surface area contributed by atoms with Crippen molar-refractivity contribution < 1.29 is 27.1 Å². The highest BCUT2D eigenvalue weighted by molar-refractivity contribution is 5.77. The molecule has 184 valence electrons. The van der Waals surface area contributed by atoms with Gasteiger partial charge in [-0.1, -0.05) is 36.4 Å². The van der Waals surface area contributed by atoms with E-state index in [1.54, 1.807) is 0 Å². The fourth-order valence-electron chi connectivity index (χ4n) is 5.04. The molecule has 1 amide bonds. The van der Waals surface area contributed by atoms with Gasteiger partial charge in [-0.15, -0.1) is 0 Å². The van der Waals surface area contributed by atoms with Crippen LogP contribution in [0.4, 0.5) is 17.6 Å². The molecule has 8 heteroatoms. The fraction of sp³-hybridized carbons (Fsp3) is 0.500. The summed E-state index contributed by atoms with van der Waals surface area (Å²) < 4.78 is 58.7. The Bertz CT molecular complexity index is 973. The first-order valence-corrected chi connectivity index (χ1v) is 11.7. The van der Waals surface area contributed by atoms with E-state index < -0.39 is 24.0 Å². The number of nitrogens with zero attached hydrogens (tertiary/aromatic N) is 1. The van der Waals surface area contributed by atoms with E-state index in [0.717, 1.165) is 49.9 Å². The average molecular weight is 479 g/mol. The van der Waals surface area contributed by atoms with E-state index in [4.69, 9.17) is 4.74 Å². The zero-order chi connectivity index (χ0) is 24.2. The predicted octanol–water partition coefficient (Wildman–Crippen LogP) is 5.35. The third-order valence-electron chi connectivity index (χ3n) is 6.86. The Morgan fingerprint density at radius 3 is 2.50 bits per heavy atom. The van der Waals surface area contributed by atoms with E-state index in [0.29, 0.717) is 18.5 Å². The maximum absolute atomic E-state index is 13.2. The summed E-state index contributed by atoms with van der Waals surface area (Å²) in [4.78, 5) is 14.4. The highest BCUT2D eigenvalue weighted by atomic mass is 19.4. The molecule has 0 spiro atoms. The lowest BCUT2D eigenvalue weighted by Crippen LogP contribution is -2.58. The SMILES string of the molecule is O=C1CCCCN1[C@H]1CC[C@@](COCc2cc(CF)cc(C(F)(F)F)c2)(c2ccccc2)NC1. The smallest absolute Gasteiger partial charge is 0.374 e. The molecule has 2 fully saturated rings. The molecule has 4 nitrogen and oxygen atoms in total. The summed E-state index contributed by atoms with van der Waals surface area (Å²) in [6.45, 7) is 0.634. The maximum atomic E-state index is 13.2. The zero-order valence-electron chi connectivity index (χ0n) is 19.0. The van der Waals surface area contributed by atoms with E-state index in [1.807, 2.05) is 35.2 Å². The summed E-state index contributed by atoms with van der Waals surface area (Å²) in [6, 6.07) is 13.2. The molecule has 2 heterocycles. The summed E-state index contributed by atoms with van der Waals surface area (Å²) in [7, 11) is 0. The van der Waals surface area contributed by atoms with Crippen LogP contribution in [0, 0.1) is 0 Å². The van der Waals surface area contributed by atoms with Crippen molar-refractivity contribution in [2.24, 2.45) is 0 Å². The number of halogens is 4. The Balaban J connectivity index is 1.47. The number of hydrogen-bond donors (Lipinski definition) is 1. The summed E-state index contributed by atoms with van der Waals surface area (Å²) in [5.41, 5.74) is -0.0775. The Labute approximate surface area is 197 Å². The largest absolute Gasteiger partial charge is 0.416 e. The summed E-state index contributed by atoms with van der Waals surface area (Å²) in [5.74, 6) is 0.203. The number of nitrogens with one attached hydrogen (secondary N) is 1. The van der Waals surface area contributed by atoms with Crippen molar-refractivity contribution >= 4 is 5.91 Å². The molecule has 0 aromatic heterocycles. The van der Waals surface area contributed by atoms with Crippen LogP contribution < -0.4 is 5.32 Å². The molecule has 0 unspecified atom stereocenters. The molecule has 2 aliphatic heterocycles. The van der Waals surface area contributed by atoms with Crippen molar-refractivity contribution in [3.63, 3.8) is 0 Å². The van der Waals surface area contributed by atoms with Crippen LogP contribution in [-0.4, -0.2) is 36.5 Å². The fourth-order valence-corrected chi connectivity index (χ4v) is 5.04. The number of alkyl halides is 4. The molecule has 0 radical (unpaired) electrons. The normalized spacial score (nSPS) is 23.8. The lowest BCUT2D eigenvalue weighted by atomic mass is 9.81. The van der Waals surface area contributed by atoms with Crippen molar-refractivity contribution in [2.75, 3.05) is 19.7 Å². The van der Waals surface area contributed by atoms with E-state index in [1.165, 1.54) is 6.07 Å². The summed E-state index contributed by atoms with van der Waals surface area (Å²) >= 11 is 0. The molecule has 4 rings (SSSR count). The second-order valence-electron chi connectivity index (χ2n) is 9.23. The highest BCUT2D eigenvalue weighted by Crippen LogP contribution is 2.34. The van der Waals surface area contributed by atoms with Crippen molar-refractivity contribution in [1.82, 2.24) is 10.2 Å². The number of carbonyl (C=O) groups is 1. The quantitative estimate of drug-likeness (QED) is 0.546. The molecule has 2 aliphatic rings. The first kappa shape index (κ1) is 24.7. The standard InChI is InChI=1S/C26H30F4N2O2/c27-15-19-12-20(14-22(13-19)26(28,29)30)17-34-18-25(21-6-2-1-3-7-21)10-9-23(16-31-25)32-11-5-4-8-24(32)33/h1-3,6-7,12-14,23,31H,4-5,8-11,15-18H2/t23-,25+/m0/s1. The minimum Gasteiger partial charge on any atom is -0.374 e. The van der Waals surface area contributed by atoms with Crippen LogP contribution in [0.3, 0.4) is 0 Å². The van der Waals surface area contributed by atoms with Gasteiger partial charge in [0.15, 0.2) is 0 Å². The third-order valence-corrected chi connectivity index (χ3v) is 6.86. The Hall–Kier alpha value is -2.45. The van der Waals surface area contributed by atoms with Crippen molar-refractivity contribution in [1.29, 1.82) is 0 Å². The molecule has 1 N–H and O–H groups in total. The molecule has 2 aromatic carbocycles. The van der Waals surface area contributed by atoms with Gasteiger partial charge >= 0.3 is 6.18 Å². The van der Waals surface area contributed by atoms with Gasteiger partial charge in [-0.2, -0.15) is 13.2 Å². The highest BCUT2D eigenvalue weighted by Gasteiger charge is 2.39. The average Bonchev–Trinajstić information content (AvgIpc) is 2.85. The van der Waals surface area contributed by atoms with Gasteiger partial charge < -0.3 is 15.0 Å². The molecule has 0 aliphatic carbocycles. The third kappa shape index (κ3) is 5.61. The van der Waals surface area contributed by atoms with Crippen LogP contribution >= 0.6 is 0 Å². The van der Waals surface area contributed by atoms with Gasteiger partial charge in [0.25, 0.3) is 0 Å². The lowest BCUT2D eigenvalue weighted by Gasteiger charge is -2.45. The van der Waals surface area contributed by atoms with Crippen molar-refractivity contribution in [3.8, 4) is 0 Å². The molecule has 0 saturated carbocycles. The molecule has 0 bridgehead atoms. The number of piperidine rings is 2. The maximum Gasteiger partial charge on any atom is 0.416 e. The number of amides is 1. The van der Waals surface area contributed by atoms with Gasteiger partial charge in [-0.05, 0) is 54.5 Å². The number of ether oxygens (including phenoxy) is 1. The zero-order valence-corrected chi connectivity index (χ0v) is 19.0. The second-order valence-corrected chi connectivity index (χ2v) is 9.23. The van der Waals surface area contributed by atoms with Gasteiger partial charge in [0.2, 0.25) is 5.91 Å². The first-order valence-electron chi connectivity index (χ1n) is 11.7. The van der Waals surface area contributed by atoms with Gasteiger partial charge in [-0.25, -0.2) is 4.39 Å². The number of hydrogen-bond acceptors (Lipinski definition) is 3. The van der Waals surface area contributed by atoms with Crippen molar-refractivity contribution in [2.45, 2.75) is 63.1 Å². The monoisotopic (exact) mass is 478 g/mol. The van der Waals surface area contributed by atoms with Gasteiger partial charge in [0, 0.05) is 25.6 Å². The number of carbonyl (C=O) groups excluding carboxylic acids is 1. The molecule has 2 aromatic rings. The number of rotatable bonds is 7. The summed E-state index contributed by atoms with van der Waals surface area (Å²) in [6.07, 6.45) is -0.446. The lowest BCUT2D eigenvalue weighted by molar-refractivity contribution is -0.138. The van der Waals surface area contributed by atoms with Gasteiger partial charge in [0.05, 0.1) is 24.3 Å². The first-order chi connectivity index (χ1) is 16.3. The summed E-state index contributed by atoms with van der Waals surface area (Å²) in [5, 5.41) is 3.60. The Morgan fingerprint density at radius 2 is 1.85 bits per heavy atom. The Morgan fingerprint density at radius 1 is 1.09 bits per heavy atom. The van der Waals surface area contributed by atoms with Crippen molar-refractivity contribution in [3.05, 3.63) is 70.8 Å². The van der Waals surface area contributed by atoms with Crippen LogP contribution in [0.1, 0.15) is 54.4 Å². The Kier molecular flexibility index (Phi) is 7.57. The van der Waals surface area contributed by atoms with Crippen LogP contribution in [0.15, 0.2) is 48.5 Å². The number of likely N-dealkylation sites (tertiary alicyclic amines) is 1.